The number of aromatic nitrogens is 3. The molecule has 0 fully saturated rings. The Hall–Kier alpha value is -3.87. The Morgan fingerprint density at radius 3 is 2.86 bits per heavy atom. The van der Waals surface area contributed by atoms with Crippen molar-refractivity contribution in [2.75, 3.05) is 19.0 Å². The van der Waals surface area contributed by atoms with Gasteiger partial charge in [-0.25, -0.2) is 4.98 Å². The van der Waals surface area contributed by atoms with Gasteiger partial charge in [0, 0.05) is 24.9 Å². The summed E-state index contributed by atoms with van der Waals surface area (Å²) >= 11 is 0. The molecule has 0 spiro atoms. The Morgan fingerprint density at radius 1 is 1.28 bits per heavy atom. The fourth-order valence-corrected chi connectivity index (χ4v) is 2.61. The van der Waals surface area contributed by atoms with E-state index in [1.54, 1.807) is 48.3 Å². The molecule has 7 heteroatoms. The van der Waals surface area contributed by atoms with Crippen molar-refractivity contribution in [3.05, 3.63) is 73.1 Å². The zero-order valence-electron chi connectivity index (χ0n) is 16.3. The van der Waals surface area contributed by atoms with Gasteiger partial charge < -0.3 is 14.8 Å². The molecule has 0 aliphatic heterocycles. The van der Waals surface area contributed by atoms with Crippen molar-refractivity contribution in [3.8, 4) is 22.8 Å². The van der Waals surface area contributed by atoms with Crippen LogP contribution in [0.4, 0.5) is 5.82 Å². The van der Waals surface area contributed by atoms with Crippen LogP contribution in [0.2, 0.25) is 0 Å². The van der Waals surface area contributed by atoms with Crippen LogP contribution in [0.3, 0.4) is 0 Å². The quantitative estimate of drug-likeness (QED) is 0.469. The zero-order chi connectivity index (χ0) is 20.6. The predicted octanol–water partition coefficient (Wildman–Crippen LogP) is 3.71. The second-order valence-corrected chi connectivity index (χ2v) is 6.14. The Morgan fingerprint density at radius 2 is 2.14 bits per heavy atom. The number of hydrogen-bond acceptors (Lipinski definition) is 5. The molecule has 1 aromatic carbocycles. The second-order valence-electron chi connectivity index (χ2n) is 6.14. The van der Waals surface area contributed by atoms with Crippen LogP contribution in [0.1, 0.15) is 5.56 Å². The first-order valence-electron chi connectivity index (χ1n) is 8.96. The van der Waals surface area contributed by atoms with E-state index in [2.05, 4.69) is 22.0 Å². The molecule has 29 heavy (non-hydrogen) atoms. The van der Waals surface area contributed by atoms with E-state index in [-0.39, 0.29) is 5.91 Å². The number of methoxy groups -OCH3 is 1. The van der Waals surface area contributed by atoms with Crippen molar-refractivity contribution in [3.63, 3.8) is 0 Å². The van der Waals surface area contributed by atoms with Gasteiger partial charge in [-0.05, 0) is 35.9 Å². The van der Waals surface area contributed by atoms with Gasteiger partial charge >= 0.3 is 0 Å². The molecule has 0 unspecified atom stereocenters. The number of nitrogens with zero attached hydrogens (tertiary/aromatic N) is 3. The molecule has 0 atom stereocenters. The first kappa shape index (κ1) is 19.9. The van der Waals surface area contributed by atoms with E-state index in [1.807, 2.05) is 31.4 Å². The van der Waals surface area contributed by atoms with Crippen LogP contribution >= 0.6 is 0 Å². The Labute approximate surface area is 169 Å². The number of ether oxygens (including phenoxy) is 2. The normalized spacial score (nSPS) is 10.7. The summed E-state index contributed by atoms with van der Waals surface area (Å²) in [7, 11) is 3.41. The van der Waals surface area contributed by atoms with Gasteiger partial charge in [-0.1, -0.05) is 24.8 Å². The van der Waals surface area contributed by atoms with Crippen LogP contribution in [-0.4, -0.2) is 34.4 Å². The van der Waals surface area contributed by atoms with Gasteiger partial charge in [0.2, 0.25) is 5.91 Å². The molecule has 7 nitrogen and oxygen atoms in total. The smallest absolute Gasteiger partial charge is 0.249 e. The van der Waals surface area contributed by atoms with E-state index >= 15 is 0 Å². The van der Waals surface area contributed by atoms with Crippen molar-refractivity contribution < 1.29 is 14.3 Å². The number of carbonyl (C=O) groups is 1. The number of nitrogens with one attached hydrogen (secondary N) is 1. The molecule has 3 aromatic rings. The SMILES string of the molecule is C=CCOc1ccc(C=CC(=O)Nc2cccc(-c3cnn(C)c3)n2)cc1OC. The van der Waals surface area contributed by atoms with Crippen molar-refractivity contribution in [1.29, 1.82) is 0 Å². The number of pyridine rings is 1. The van der Waals surface area contributed by atoms with Gasteiger partial charge in [0.25, 0.3) is 0 Å². The highest BCUT2D eigenvalue weighted by atomic mass is 16.5. The van der Waals surface area contributed by atoms with E-state index in [1.165, 1.54) is 6.08 Å². The van der Waals surface area contributed by atoms with Gasteiger partial charge in [-0.15, -0.1) is 0 Å². The maximum atomic E-state index is 12.3. The molecule has 148 valence electrons. The third-order valence-corrected chi connectivity index (χ3v) is 3.97. The van der Waals surface area contributed by atoms with E-state index in [0.717, 1.165) is 16.8 Å². The highest BCUT2D eigenvalue weighted by Gasteiger charge is 2.06. The minimum atomic E-state index is -0.285. The second kappa shape index (κ2) is 9.36. The maximum Gasteiger partial charge on any atom is 0.249 e. The number of rotatable bonds is 8. The fraction of sp³-hybridized carbons (Fsp3) is 0.136. The Bertz CT molecular complexity index is 1040. The number of benzene rings is 1. The van der Waals surface area contributed by atoms with Gasteiger partial charge in [-0.3, -0.25) is 9.48 Å². The van der Waals surface area contributed by atoms with Crippen LogP contribution in [0.5, 0.6) is 11.5 Å². The zero-order valence-corrected chi connectivity index (χ0v) is 16.3. The average Bonchev–Trinajstić information content (AvgIpc) is 3.17. The molecule has 0 aliphatic rings. The van der Waals surface area contributed by atoms with E-state index < -0.39 is 0 Å². The number of anilines is 1. The molecular weight excluding hydrogens is 368 g/mol. The Balaban J connectivity index is 1.67. The van der Waals surface area contributed by atoms with Crippen LogP contribution in [0, 0.1) is 0 Å². The molecule has 0 saturated carbocycles. The summed E-state index contributed by atoms with van der Waals surface area (Å²) in [4.78, 5) is 16.7. The van der Waals surface area contributed by atoms with Gasteiger partial charge in [0.15, 0.2) is 11.5 Å². The molecule has 2 heterocycles. The van der Waals surface area contributed by atoms with E-state index in [9.17, 15) is 4.79 Å². The third-order valence-electron chi connectivity index (χ3n) is 3.97. The lowest BCUT2D eigenvalue weighted by atomic mass is 10.2. The fourth-order valence-electron chi connectivity index (χ4n) is 2.61. The third kappa shape index (κ3) is 5.32. The summed E-state index contributed by atoms with van der Waals surface area (Å²) in [6.07, 6.45) is 8.39. The van der Waals surface area contributed by atoms with Gasteiger partial charge in [0.05, 0.1) is 19.0 Å². The summed E-state index contributed by atoms with van der Waals surface area (Å²) in [6, 6.07) is 10.9. The summed E-state index contributed by atoms with van der Waals surface area (Å²) in [5.41, 5.74) is 2.42. The largest absolute Gasteiger partial charge is 0.493 e. The van der Waals surface area contributed by atoms with Gasteiger partial charge in [0.1, 0.15) is 12.4 Å². The first-order valence-corrected chi connectivity index (χ1v) is 8.96. The molecule has 2 aromatic heterocycles. The molecule has 0 radical (unpaired) electrons. The number of hydrogen-bond donors (Lipinski definition) is 1. The molecule has 0 aliphatic carbocycles. The number of carbonyl (C=O) groups excluding carboxylic acids is 1. The molecule has 0 saturated heterocycles. The average molecular weight is 390 g/mol. The lowest BCUT2D eigenvalue weighted by Gasteiger charge is -2.09. The van der Waals surface area contributed by atoms with E-state index in [0.29, 0.717) is 23.9 Å². The van der Waals surface area contributed by atoms with Crippen LogP contribution in [-0.2, 0) is 11.8 Å². The topological polar surface area (TPSA) is 78.3 Å². The predicted molar refractivity (Wildman–Crippen MR) is 113 cm³/mol. The van der Waals surface area contributed by atoms with Crippen molar-refractivity contribution in [2.24, 2.45) is 7.05 Å². The van der Waals surface area contributed by atoms with Crippen molar-refractivity contribution in [1.82, 2.24) is 14.8 Å². The number of aryl methyl sites for hydroxylation is 1. The summed E-state index contributed by atoms with van der Waals surface area (Å²) in [5, 5.41) is 6.90. The van der Waals surface area contributed by atoms with Crippen LogP contribution < -0.4 is 14.8 Å². The minimum absolute atomic E-state index is 0.285. The monoisotopic (exact) mass is 390 g/mol. The highest BCUT2D eigenvalue weighted by molar-refractivity contribution is 6.01. The number of amides is 1. The standard InChI is InChI=1S/C22H22N4O3/c1-4-12-29-19-10-8-16(13-20(19)28-3)9-11-22(27)25-21-7-5-6-18(24-21)17-14-23-26(2)15-17/h4-11,13-15H,1,12H2,2-3H3,(H,24,25,27). The first-order chi connectivity index (χ1) is 14.1. The van der Waals surface area contributed by atoms with Crippen LogP contribution in [0.25, 0.3) is 17.3 Å². The molecular formula is C22H22N4O3. The molecule has 3 rings (SSSR count). The summed E-state index contributed by atoms with van der Waals surface area (Å²) < 4.78 is 12.6. The lowest BCUT2D eigenvalue weighted by Crippen LogP contribution is -2.09. The van der Waals surface area contributed by atoms with Crippen molar-refractivity contribution in [2.45, 2.75) is 0 Å². The minimum Gasteiger partial charge on any atom is -0.493 e. The lowest BCUT2D eigenvalue weighted by molar-refractivity contribution is -0.111. The molecule has 1 N–H and O–H groups in total. The van der Waals surface area contributed by atoms with E-state index in [4.69, 9.17) is 9.47 Å². The van der Waals surface area contributed by atoms with Crippen LogP contribution in [0.15, 0.2) is 67.5 Å². The summed E-state index contributed by atoms with van der Waals surface area (Å²) in [6.45, 7) is 4.01. The highest BCUT2D eigenvalue weighted by Crippen LogP contribution is 2.28. The van der Waals surface area contributed by atoms with Gasteiger partial charge in [-0.2, -0.15) is 5.10 Å². The Kier molecular flexibility index (Phi) is 6.42. The maximum absolute atomic E-state index is 12.3. The summed E-state index contributed by atoms with van der Waals surface area (Å²) in [5.74, 6) is 1.38. The molecule has 0 bridgehead atoms. The molecule has 1 amide bonds. The van der Waals surface area contributed by atoms with Crippen molar-refractivity contribution >= 4 is 17.8 Å².